The molecule has 0 radical (unpaired) electrons. The average Bonchev–Trinajstić information content (AvgIpc) is 2.60. The number of rotatable bonds is 4. The van der Waals surface area contributed by atoms with Crippen LogP contribution >= 0.6 is 11.6 Å². The van der Waals surface area contributed by atoms with Crippen LogP contribution in [0.15, 0.2) is 60.8 Å². The summed E-state index contributed by atoms with van der Waals surface area (Å²) in [6.45, 7) is 6.44. The van der Waals surface area contributed by atoms with E-state index in [2.05, 4.69) is 44.0 Å². The first-order valence-corrected chi connectivity index (χ1v) is 11.5. The van der Waals surface area contributed by atoms with Gasteiger partial charge < -0.3 is 0 Å². The van der Waals surface area contributed by atoms with E-state index in [1.54, 1.807) is 6.07 Å². The molecule has 0 unspecified atom stereocenters. The lowest BCUT2D eigenvalue weighted by atomic mass is 9.89. The van der Waals surface area contributed by atoms with Crippen molar-refractivity contribution in [2.24, 2.45) is 0 Å². The summed E-state index contributed by atoms with van der Waals surface area (Å²) in [6.07, 6.45) is 3.06. The van der Waals surface area contributed by atoms with Crippen molar-refractivity contribution in [3.8, 4) is 22.3 Å². The molecule has 0 fully saturated rings. The summed E-state index contributed by atoms with van der Waals surface area (Å²) >= 11 is 6.47. The molecular weight excluding hydrogens is 390 g/mol. The summed E-state index contributed by atoms with van der Waals surface area (Å²) in [6, 6.07) is 17.7. The summed E-state index contributed by atoms with van der Waals surface area (Å²) in [5.74, 6) is -0.0143. The quantitative estimate of drug-likeness (QED) is 0.534. The van der Waals surface area contributed by atoms with Crippen molar-refractivity contribution in [1.82, 2.24) is 4.98 Å². The molecule has 146 valence electrons. The fourth-order valence-electron chi connectivity index (χ4n) is 3.07. The van der Waals surface area contributed by atoms with Crippen LogP contribution in [0, 0.1) is 0 Å². The van der Waals surface area contributed by atoms with Gasteiger partial charge in [0.1, 0.15) is 0 Å². The van der Waals surface area contributed by atoms with E-state index in [-0.39, 0.29) is 11.2 Å². The molecule has 1 aromatic heterocycles. The Labute approximate surface area is 172 Å². The Balaban J connectivity index is 1.99. The molecule has 0 saturated heterocycles. The van der Waals surface area contributed by atoms with Gasteiger partial charge in [0.05, 0.1) is 5.75 Å². The largest absolute Gasteiger partial charge is 0.261 e. The van der Waals surface area contributed by atoms with Gasteiger partial charge in [-0.2, -0.15) is 0 Å². The van der Waals surface area contributed by atoms with Crippen LogP contribution in [0.25, 0.3) is 22.3 Å². The maximum absolute atomic E-state index is 11.5. The van der Waals surface area contributed by atoms with Crippen molar-refractivity contribution in [2.45, 2.75) is 31.9 Å². The first-order chi connectivity index (χ1) is 13.0. The second-order valence-electron chi connectivity index (χ2n) is 8.14. The monoisotopic (exact) mass is 413 g/mol. The molecule has 3 rings (SSSR count). The van der Waals surface area contributed by atoms with E-state index in [0.717, 1.165) is 27.9 Å². The maximum atomic E-state index is 11.5. The summed E-state index contributed by atoms with van der Waals surface area (Å²) in [5.41, 5.74) is 5.77. The van der Waals surface area contributed by atoms with Gasteiger partial charge in [0, 0.05) is 34.1 Å². The van der Waals surface area contributed by atoms with Gasteiger partial charge in [-0.15, -0.1) is 0 Å². The zero-order valence-electron chi connectivity index (χ0n) is 16.5. The van der Waals surface area contributed by atoms with Gasteiger partial charge in [0.2, 0.25) is 0 Å². The van der Waals surface area contributed by atoms with Crippen LogP contribution in [0.2, 0.25) is 5.02 Å². The predicted octanol–water partition coefficient (Wildman–Crippen LogP) is 5.91. The number of aromatic nitrogens is 1. The third-order valence-corrected chi connectivity index (χ3v) is 5.67. The first-order valence-electron chi connectivity index (χ1n) is 9.06. The second kappa shape index (κ2) is 7.69. The molecule has 3 aromatic rings. The molecule has 0 spiro atoms. The van der Waals surface area contributed by atoms with Crippen LogP contribution in [0.5, 0.6) is 0 Å². The normalized spacial score (nSPS) is 12.2. The van der Waals surface area contributed by atoms with Crippen LogP contribution in [0.3, 0.4) is 0 Å². The molecule has 3 nitrogen and oxygen atoms in total. The lowest BCUT2D eigenvalue weighted by molar-refractivity contribution is 0.569. The number of nitrogens with zero attached hydrogens (tertiary/aromatic N) is 1. The highest BCUT2D eigenvalue weighted by Crippen LogP contribution is 2.33. The van der Waals surface area contributed by atoms with Crippen LogP contribution in [-0.4, -0.2) is 19.7 Å². The van der Waals surface area contributed by atoms with Crippen molar-refractivity contribution in [2.75, 3.05) is 6.26 Å². The molecule has 0 bridgehead atoms. The van der Waals surface area contributed by atoms with Gasteiger partial charge in [0.25, 0.3) is 0 Å². The number of halogens is 1. The molecule has 2 aromatic carbocycles. The Morgan fingerprint density at radius 1 is 0.929 bits per heavy atom. The molecule has 28 heavy (non-hydrogen) atoms. The van der Waals surface area contributed by atoms with Crippen LogP contribution in [-0.2, 0) is 21.0 Å². The minimum Gasteiger partial charge on any atom is -0.261 e. The van der Waals surface area contributed by atoms with Gasteiger partial charge in [-0.25, -0.2) is 8.42 Å². The molecule has 0 aliphatic rings. The molecular formula is C23H24ClNO2S. The standard InChI is InChI=1S/C23H24ClNO2S/c1-23(2,3)22-14-18(10-11-25-22)17-6-5-7-19(13-17)20-9-8-16(12-21(20)24)15-28(4,26)27/h5-14H,15H2,1-4H3. The van der Waals surface area contributed by atoms with Gasteiger partial charge >= 0.3 is 0 Å². The summed E-state index contributed by atoms with van der Waals surface area (Å²) < 4.78 is 23.0. The third kappa shape index (κ3) is 5.00. The summed E-state index contributed by atoms with van der Waals surface area (Å²) in [4.78, 5) is 4.50. The molecule has 0 amide bonds. The van der Waals surface area contributed by atoms with E-state index in [0.29, 0.717) is 10.6 Å². The van der Waals surface area contributed by atoms with Crippen molar-refractivity contribution >= 4 is 21.4 Å². The van der Waals surface area contributed by atoms with Crippen molar-refractivity contribution in [3.63, 3.8) is 0 Å². The molecule has 0 N–H and O–H groups in total. The highest BCUT2D eigenvalue weighted by molar-refractivity contribution is 7.89. The minimum atomic E-state index is -3.09. The summed E-state index contributed by atoms with van der Waals surface area (Å²) in [7, 11) is -3.09. The van der Waals surface area contributed by atoms with Crippen molar-refractivity contribution in [3.05, 3.63) is 77.1 Å². The van der Waals surface area contributed by atoms with E-state index in [9.17, 15) is 8.42 Å². The average molecular weight is 414 g/mol. The van der Waals surface area contributed by atoms with E-state index in [1.807, 2.05) is 36.5 Å². The Hall–Kier alpha value is -2.17. The fourth-order valence-corrected chi connectivity index (χ4v) is 4.17. The molecule has 0 aliphatic carbocycles. The number of sulfone groups is 1. The molecule has 1 heterocycles. The van der Waals surface area contributed by atoms with Gasteiger partial charge in [-0.1, -0.05) is 62.7 Å². The third-order valence-electron chi connectivity index (χ3n) is 4.50. The van der Waals surface area contributed by atoms with E-state index < -0.39 is 9.84 Å². The SMILES string of the molecule is CC(C)(C)c1cc(-c2cccc(-c3ccc(CS(C)(=O)=O)cc3Cl)c2)ccn1. The van der Waals surface area contributed by atoms with Crippen molar-refractivity contribution in [1.29, 1.82) is 0 Å². The number of pyridine rings is 1. The van der Waals surface area contributed by atoms with Gasteiger partial charge in [-0.3, -0.25) is 4.98 Å². The predicted molar refractivity (Wildman–Crippen MR) is 117 cm³/mol. The number of benzene rings is 2. The fraction of sp³-hybridized carbons (Fsp3) is 0.261. The van der Waals surface area contributed by atoms with E-state index in [1.165, 1.54) is 6.26 Å². The van der Waals surface area contributed by atoms with E-state index in [4.69, 9.17) is 11.6 Å². The molecule has 0 atom stereocenters. The first kappa shape index (κ1) is 20.6. The summed E-state index contributed by atoms with van der Waals surface area (Å²) in [5, 5.41) is 0.545. The second-order valence-corrected chi connectivity index (χ2v) is 10.7. The van der Waals surface area contributed by atoms with Crippen LogP contribution in [0.1, 0.15) is 32.0 Å². The van der Waals surface area contributed by atoms with E-state index >= 15 is 0 Å². The molecule has 0 aliphatic heterocycles. The smallest absolute Gasteiger partial charge is 0.151 e. The minimum absolute atomic E-state index is 0.0143. The zero-order valence-corrected chi connectivity index (χ0v) is 18.1. The number of hydrogen-bond acceptors (Lipinski definition) is 3. The Morgan fingerprint density at radius 3 is 2.25 bits per heavy atom. The number of hydrogen-bond donors (Lipinski definition) is 0. The zero-order chi connectivity index (χ0) is 20.5. The molecule has 5 heteroatoms. The topological polar surface area (TPSA) is 47.0 Å². The van der Waals surface area contributed by atoms with Gasteiger partial charge in [-0.05, 0) is 46.5 Å². The highest BCUT2D eigenvalue weighted by atomic mass is 35.5. The molecule has 0 saturated carbocycles. The van der Waals surface area contributed by atoms with Gasteiger partial charge in [0.15, 0.2) is 9.84 Å². The lowest BCUT2D eigenvalue weighted by Gasteiger charge is -2.18. The maximum Gasteiger partial charge on any atom is 0.151 e. The Bertz CT molecular complexity index is 1120. The van der Waals surface area contributed by atoms with Crippen LogP contribution in [0.4, 0.5) is 0 Å². The van der Waals surface area contributed by atoms with Crippen molar-refractivity contribution < 1.29 is 8.42 Å². The Kier molecular flexibility index (Phi) is 5.64. The Morgan fingerprint density at radius 2 is 1.61 bits per heavy atom. The lowest BCUT2D eigenvalue weighted by Crippen LogP contribution is -2.13. The van der Waals surface area contributed by atoms with Crippen LogP contribution < -0.4 is 0 Å². The highest BCUT2D eigenvalue weighted by Gasteiger charge is 2.16.